The average molecular weight is 357 g/mol. The summed E-state index contributed by atoms with van der Waals surface area (Å²) in [6, 6.07) is 7.80. The molecule has 1 saturated heterocycles. The smallest absolute Gasteiger partial charge is 0.225 e. The lowest BCUT2D eigenvalue weighted by molar-refractivity contribution is -0.139. The van der Waals surface area contributed by atoms with Gasteiger partial charge in [-0.15, -0.1) is 21.5 Å². The van der Waals surface area contributed by atoms with E-state index in [-0.39, 0.29) is 11.8 Å². The molecule has 0 N–H and O–H groups in total. The van der Waals surface area contributed by atoms with Gasteiger partial charge in [-0.2, -0.15) is 9.61 Å². The third kappa shape index (κ3) is 3.27. The van der Waals surface area contributed by atoms with Crippen LogP contribution in [0, 0.1) is 5.92 Å². The molecule has 130 valence electrons. The zero-order valence-electron chi connectivity index (χ0n) is 14.0. The lowest BCUT2D eigenvalue weighted by atomic mass is 10.0. The quantitative estimate of drug-likeness (QED) is 0.713. The molecule has 1 amide bonds. The molecule has 0 saturated carbocycles. The molecule has 4 heterocycles. The minimum atomic E-state index is -0.121. The van der Waals surface area contributed by atoms with Crippen molar-refractivity contribution in [1.29, 1.82) is 0 Å². The van der Waals surface area contributed by atoms with E-state index in [2.05, 4.69) is 15.3 Å². The highest BCUT2D eigenvalue weighted by Crippen LogP contribution is 2.23. The standard InChI is InChI=1S/C17H19N5O2S/c1-12(17(23)21-6-8-24-9-7-21)11-13-4-5-15-18-19-16(22(15)20-13)14-3-2-10-25-14/h2-5,10,12H,6-9,11H2,1H3. The van der Waals surface area contributed by atoms with Gasteiger partial charge in [0.15, 0.2) is 11.5 Å². The van der Waals surface area contributed by atoms with Crippen molar-refractivity contribution in [2.45, 2.75) is 13.3 Å². The van der Waals surface area contributed by atoms with E-state index in [0.29, 0.717) is 38.4 Å². The lowest BCUT2D eigenvalue weighted by Crippen LogP contribution is -2.43. The average Bonchev–Trinajstić information content (AvgIpc) is 3.30. The predicted molar refractivity (Wildman–Crippen MR) is 94.4 cm³/mol. The second-order valence-electron chi connectivity index (χ2n) is 6.14. The fourth-order valence-corrected chi connectivity index (χ4v) is 3.69. The number of morpholine rings is 1. The Bertz CT molecular complexity index is 870. The van der Waals surface area contributed by atoms with Gasteiger partial charge < -0.3 is 9.64 Å². The molecule has 0 aliphatic carbocycles. The number of hydrogen-bond acceptors (Lipinski definition) is 6. The maximum atomic E-state index is 12.6. The van der Waals surface area contributed by atoms with E-state index in [1.54, 1.807) is 15.9 Å². The van der Waals surface area contributed by atoms with Crippen LogP contribution in [0.2, 0.25) is 0 Å². The summed E-state index contributed by atoms with van der Waals surface area (Å²) in [5.41, 5.74) is 1.57. The summed E-state index contributed by atoms with van der Waals surface area (Å²) in [5.74, 6) is 0.774. The monoisotopic (exact) mass is 357 g/mol. The van der Waals surface area contributed by atoms with Crippen LogP contribution in [0.15, 0.2) is 29.6 Å². The molecule has 1 atom stereocenters. The van der Waals surface area contributed by atoms with Crippen molar-refractivity contribution in [2.24, 2.45) is 5.92 Å². The summed E-state index contributed by atoms with van der Waals surface area (Å²) in [6.07, 6.45) is 0.591. The molecule has 25 heavy (non-hydrogen) atoms. The molecule has 7 nitrogen and oxygen atoms in total. The summed E-state index contributed by atoms with van der Waals surface area (Å²) >= 11 is 1.60. The van der Waals surface area contributed by atoms with E-state index < -0.39 is 0 Å². The largest absolute Gasteiger partial charge is 0.378 e. The number of fused-ring (bicyclic) bond motifs is 1. The molecule has 0 aromatic carbocycles. The number of thiophene rings is 1. The number of rotatable bonds is 4. The van der Waals surface area contributed by atoms with Crippen molar-refractivity contribution >= 4 is 22.9 Å². The summed E-state index contributed by atoms with van der Waals surface area (Å²) in [7, 11) is 0. The summed E-state index contributed by atoms with van der Waals surface area (Å²) in [5, 5.41) is 15.1. The van der Waals surface area contributed by atoms with Gasteiger partial charge in [-0.05, 0) is 23.6 Å². The number of amides is 1. The molecule has 1 aliphatic heterocycles. The number of hydrogen-bond donors (Lipinski definition) is 0. The number of carbonyl (C=O) groups is 1. The minimum Gasteiger partial charge on any atom is -0.378 e. The summed E-state index contributed by atoms with van der Waals surface area (Å²) in [6.45, 7) is 4.53. The Morgan fingerprint density at radius 2 is 2.12 bits per heavy atom. The number of aromatic nitrogens is 4. The van der Waals surface area contributed by atoms with Gasteiger partial charge in [-0.1, -0.05) is 13.0 Å². The predicted octanol–water partition coefficient (Wildman–Crippen LogP) is 1.89. The Kier molecular flexibility index (Phi) is 4.46. The Labute approximate surface area is 149 Å². The highest BCUT2D eigenvalue weighted by atomic mass is 32.1. The van der Waals surface area contributed by atoms with E-state index >= 15 is 0 Å². The van der Waals surface area contributed by atoms with Crippen molar-refractivity contribution in [3.05, 3.63) is 35.3 Å². The Morgan fingerprint density at radius 3 is 2.88 bits per heavy atom. The summed E-state index contributed by atoms with van der Waals surface area (Å²) < 4.78 is 7.07. The van der Waals surface area contributed by atoms with Crippen molar-refractivity contribution in [1.82, 2.24) is 24.7 Å². The Hall–Kier alpha value is -2.32. The van der Waals surface area contributed by atoms with Crippen LogP contribution in [0.3, 0.4) is 0 Å². The van der Waals surface area contributed by atoms with Crippen LogP contribution in [0.5, 0.6) is 0 Å². The number of carbonyl (C=O) groups excluding carboxylic acids is 1. The molecule has 0 spiro atoms. The second-order valence-corrected chi connectivity index (χ2v) is 7.09. The van der Waals surface area contributed by atoms with Crippen molar-refractivity contribution < 1.29 is 9.53 Å². The highest BCUT2D eigenvalue weighted by molar-refractivity contribution is 7.13. The molecule has 1 aliphatic rings. The third-order valence-corrected chi connectivity index (χ3v) is 5.19. The van der Waals surface area contributed by atoms with E-state index in [1.165, 1.54) is 0 Å². The first kappa shape index (κ1) is 16.2. The van der Waals surface area contributed by atoms with E-state index in [1.807, 2.05) is 41.5 Å². The molecule has 3 aromatic heterocycles. The normalized spacial score (nSPS) is 16.3. The zero-order valence-corrected chi connectivity index (χ0v) is 14.8. The highest BCUT2D eigenvalue weighted by Gasteiger charge is 2.23. The summed E-state index contributed by atoms with van der Waals surface area (Å²) in [4.78, 5) is 15.5. The van der Waals surface area contributed by atoms with Crippen LogP contribution < -0.4 is 0 Å². The minimum absolute atomic E-state index is 0.121. The SMILES string of the molecule is CC(Cc1ccc2nnc(-c3cccs3)n2n1)C(=O)N1CCOCC1. The van der Waals surface area contributed by atoms with Crippen molar-refractivity contribution in [2.75, 3.05) is 26.3 Å². The van der Waals surface area contributed by atoms with Gasteiger partial charge in [0, 0.05) is 25.4 Å². The molecule has 0 bridgehead atoms. The zero-order chi connectivity index (χ0) is 17.2. The van der Waals surface area contributed by atoms with Crippen LogP contribution in [-0.4, -0.2) is 56.9 Å². The Balaban J connectivity index is 1.55. The van der Waals surface area contributed by atoms with Crippen molar-refractivity contribution in [3.8, 4) is 10.7 Å². The first-order valence-corrected chi connectivity index (χ1v) is 9.22. The van der Waals surface area contributed by atoms with Gasteiger partial charge in [0.2, 0.25) is 5.91 Å². The number of nitrogens with zero attached hydrogens (tertiary/aromatic N) is 5. The van der Waals surface area contributed by atoms with Crippen LogP contribution in [0.25, 0.3) is 16.3 Å². The van der Waals surface area contributed by atoms with Gasteiger partial charge in [-0.3, -0.25) is 4.79 Å². The van der Waals surface area contributed by atoms with Crippen LogP contribution in [-0.2, 0) is 16.0 Å². The molecule has 0 radical (unpaired) electrons. The molecular weight excluding hydrogens is 338 g/mol. The molecule has 8 heteroatoms. The van der Waals surface area contributed by atoms with Gasteiger partial charge in [-0.25, -0.2) is 0 Å². The van der Waals surface area contributed by atoms with Crippen LogP contribution >= 0.6 is 11.3 Å². The second kappa shape index (κ2) is 6.89. The fraction of sp³-hybridized carbons (Fsp3) is 0.412. The van der Waals surface area contributed by atoms with E-state index in [4.69, 9.17) is 4.74 Å². The molecule has 1 unspecified atom stereocenters. The lowest BCUT2D eigenvalue weighted by Gasteiger charge is -2.29. The molecule has 3 aromatic rings. The van der Waals surface area contributed by atoms with E-state index in [0.717, 1.165) is 16.4 Å². The maximum Gasteiger partial charge on any atom is 0.225 e. The molecule has 1 fully saturated rings. The maximum absolute atomic E-state index is 12.6. The van der Waals surface area contributed by atoms with Crippen LogP contribution in [0.1, 0.15) is 12.6 Å². The van der Waals surface area contributed by atoms with Gasteiger partial charge in [0.25, 0.3) is 0 Å². The number of ether oxygens (including phenoxy) is 1. The fourth-order valence-electron chi connectivity index (χ4n) is 2.99. The first-order chi connectivity index (χ1) is 12.2. The first-order valence-electron chi connectivity index (χ1n) is 8.34. The Morgan fingerprint density at radius 1 is 1.28 bits per heavy atom. The van der Waals surface area contributed by atoms with Gasteiger partial charge >= 0.3 is 0 Å². The third-order valence-electron chi connectivity index (χ3n) is 4.32. The van der Waals surface area contributed by atoms with Crippen LogP contribution in [0.4, 0.5) is 0 Å². The topological polar surface area (TPSA) is 72.6 Å². The van der Waals surface area contributed by atoms with Gasteiger partial charge in [0.1, 0.15) is 0 Å². The van der Waals surface area contributed by atoms with Gasteiger partial charge in [0.05, 0.1) is 23.8 Å². The molecule has 4 rings (SSSR count). The molecular formula is C17H19N5O2S. The van der Waals surface area contributed by atoms with E-state index in [9.17, 15) is 4.79 Å². The van der Waals surface area contributed by atoms with Crippen molar-refractivity contribution in [3.63, 3.8) is 0 Å².